The van der Waals surface area contributed by atoms with Crippen LogP contribution in [0, 0.1) is 12.8 Å². The van der Waals surface area contributed by atoms with Crippen LogP contribution in [0.5, 0.6) is 11.5 Å². The molecule has 1 fully saturated rings. The van der Waals surface area contributed by atoms with Crippen molar-refractivity contribution < 1.29 is 23.5 Å². The fraction of sp³-hybridized carbons (Fsp3) is 0.429. The Bertz CT molecular complexity index is 845. The summed E-state index contributed by atoms with van der Waals surface area (Å²) in [4.78, 5) is 26.4. The van der Waals surface area contributed by atoms with Crippen molar-refractivity contribution in [2.45, 2.75) is 26.3 Å². The highest BCUT2D eigenvalue weighted by Crippen LogP contribution is 2.28. The molecule has 1 aromatic carbocycles. The molecule has 1 aromatic heterocycles. The number of nitrogens with one attached hydrogen (secondary N) is 1. The molecule has 7 nitrogen and oxygen atoms in total. The van der Waals surface area contributed by atoms with Crippen LogP contribution in [0.3, 0.4) is 0 Å². The van der Waals surface area contributed by atoms with Crippen molar-refractivity contribution in [2.75, 3.05) is 27.3 Å². The summed E-state index contributed by atoms with van der Waals surface area (Å²) in [5.74, 6) is 2.42. The first kappa shape index (κ1) is 19.8. The van der Waals surface area contributed by atoms with E-state index in [0.29, 0.717) is 43.3 Å². The lowest BCUT2D eigenvalue weighted by molar-refractivity contribution is -0.129. The van der Waals surface area contributed by atoms with Crippen LogP contribution in [0.25, 0.3) is 0 Å². The minimum Gasteiger partial charge on any atom is -0.493 e. The van der Waals surface area contributed by atoms with Gasteiger partial charge in [-0.1, -0.05) is 6.07 Å². The van der Waals surface area contributed by atoms with E-state index >= 15 is 0 Å². The first-order valence-electron chi connectivity index (χ1n) is 9.32. The van der Waals surface area contributed by atoms with Gasteiger partial charge in [0, 0.05) is 19.5 Å². The average Bonchev–Trinajstić information content (AvgIpc) is 3.29. The molecule has 0 bridgehead atoms. The van der Waals surface area contributed by atoms with E-state index in [0.717, 1.165) is 11.3 Å². The van der Waals surface area contributed by atoms with Crippen molar-refractivity contribution in [1.29, 1.82) is 0 Å². The molecule has 1 saturated heterocycles. The third-order valence-corrected chi connectivity index (χ3v) is 4.94. The number of aryl methyl sites for hydroxylation is 1. The Morgan fingerprint density at radius 2 is 2.00 bits per heavy atom. The Hall–Kier alpha value is -2.96. The monoisotopic (exact) mass is 386 g/mol. The molecule has 1 atom stereocenters. The molecule has 3 rings (SSSR count). The Kier molecular flexibility index (Phi) is 6.23. The number of benzene rings is 1. The number of amides is 2. The summed E-state index contributed by atoms with van der Waals surface area (Å²) in [6, 6.07) is 9.42. The second kappa shape index (κ2) is 8.82. The minimum absolute atomic E-state index is 0.00877. The Balaban J connectivity index is 1.51. The van der Waals surface area contributed by atoms with E-state index in [1.807, 2.05) is 37.3 Å². The first-order chi connectivity index (χ1) is 13.5. The summed E-state index contributed by atoms with van der Waals surface area (Å²) in [6.07, 6.45) is 0.932. The lowest BCUT2D eigenvalue weighted by Crippen LogP contribution is -2.33. The normalized spacial score (nSPS) is 16.3. The van der Waals surface area contributed by atoms with E-state index in [1.54, 1.807) is 19.1 Å². The van der Waals surface area contributed by atoms with E-state index < -0.39 is 0 Å². The van der Waals surface area contributed by atoms with Gasteiger partial charge in [-0.25, -0.2) is 0 Å². The van der Waals surface area contributed by atoms with Crippen LogP contribution in [-0.4, -0.2) is 44.0 Å². The predicted molar refractivity (Wildman–Crippen MR) is 103 cm³/mol. The Morgan fingerprint density at radius 3 is 2.68 bits per heavy atom. The SMILES string of the molecule is COc1ccc(CCN2C[C@@H](C(=O)NCc3ccc(C)o3)CC2=O)cc1OC. The number of carbonyl (C=O) groups excluding carboxylic acids is 2. The number of rotatable bonds is 8. The molecule has 2 heterocycles. The zero-order valence-corrected chi connectivity index (χ0v) is 16.5. The van der Waals surface area contributed by atoms with E-state index in [9.17, 15) is 9.59 Å². The molecule has 0 radical (unpaired) electrons. The zero-order valence-electron chi connectivity index (χ0n) is 16.5. The number of carbonyl (C=O) groups is 2. The Morgan fingerprint density at radius 1 is 1.21 bits per heavy atom. The molecule has 28 heavy (non-hydrogen) atoms. The summed E-state index contributed by atoms with van der Waals surface area (Å²) < 4.78 is 16.0. The number of furan rings is 1. The summed E-state index contributed by atoms with van der Waals surface area (Å²) in [5.41, 5.74) is 1.05. The van der Waals surface area contributed by atoms with Crippen LogP contribution >= 0.6 is 0 Å². The van der Waals surface area contributed by atoms with E-state index in [1.165, 1.54) is 0 Å². The van der Waals surface area contributed by atoms with Gasteiger partial charge in [-0.2, -0.15) is 0 Å². The highest BCUT2D eigenvalue weighted by atomic mass is 16.5. The number of likely N-dealkylation sites (tertiary alicyclic amines) is 1. The summed E-state index contributed by atoms with van der Waals surface area (Å²) in [7, 11) is 3.19. The summed E-state index contributed by atoms with van der Waals surface area (Å²) in [6.45, 7) is 3.20. The smallest absolute Gasteiger partial charge is 0.225 e. The van der Waals surface area contributed by atoms with Gasteiger partial charge < -0.3 is 24.1 Å². The lowest BCUT2D eigenvalue weighted by Gasteiger charge is -2.17. The van der Waals surface area contributed by atoms with Gasteiger partial charge in [-0.3, -0.25) is 9.59 Å². The maximum absolute atomic E-state index is 12.4. The quantitative estimate of drug-likeness (QED) is 0.753. The molecule has 1 aliphatic heterocycles. The van der Waals surface area contributed by atoms with Crippen molar-refractivity contribution in [2.24, 2.45) is 5.92 Å². The third-order valence-electron chi connectivity index (χ3n) is 4.94. The van der Waals surface area contributed by atoms with Crippen molar-refractivity contribution in [3.05, 3.63) is 47.4 Å². The van der Waals surface area contributed by atoms with E-state index in [-0.39, 0.29) is 24.2 Å². The van der Waals surface area contributed by atoms with Gasteiger partial charge in [0.25, 0.3) is 0 Å². The summed E-state index contributed by atoms with van der Waals surface area (Å²) >= 11 is 0. The van der Waals surface area contributed by atoms with Crippen LogP contribution < -0.4 is 14.8 Å². The van der Waals surface area contributed by atoms with Crippen molar-refractivity contribution >= 4 is 11.8 Å². The molecule has 1 N–H and O–H groups in total. The topological polar surface area (TPSA) is 81.0 Å². The van der Waals surface area contributed by atoms with Gasteiger partial charge in [0.2, 0.25) is 11.8 Å². The molecule has 7 heteroatoms. The van der Waals surface area contributed by atoms with Crippen molar-refractivity contribution in [3.63, 3.8) is 0 Å². The van der Waals surface area contributed by atoms with Crippen LogP contribution in [0.15, 0.2) is 34.7 Å². The van der Waals surface area contributed by atoms with Crippen LogP contribution in [-0.2, 0) is 22.6 Å². The van der Waals surface area contributed by atoms with Crippen LogP contribution in [0.1, 0.15) is 23.5 Å². The summed E-state index contributed by atoms with van der Waals surface area (Å²) in [5, 5.41) is 2.85. The second-order valence-corrected chi connectivity index (χ2v) is 6.91. The number of hydrogen-bond donors (Lipinski definition) is 1. The molecule has 150 valence electrons. The number of methoxy groups -OCH3 is 2. The van der Waals surface area contributed by atoms with E-state index in [2.05, 4.69) is 5.32 Å². The molecule has 0 saturated carbocycles. The molecular weight excluding hydrogens is 360 g/mol. The van der Waals surface area contributed by atoms with Gasteiger partial charge in [0.05, 0.1) is 26.7 Å². The minimum atomic E-state index is -0.325. The number of ether oxygens (including phenoxy) is 2. The van der Waals surface area contributed by atoms with Crippen molar-refractivity contribution in [3.8, 4) is 11.5 Å². The molecule has 0 aliphatic carbocycles. The van der Waals surface area contributed by atoms with Crippen LogP contribution in [0.4, 0.5) is 0 Å². The van der Waals surface area contributed by atoms with Crippen molar-refractivity contribution in [1.82, 2.24) is 10.2 Å². The lowest BCUT2D eigenvalue weighted by atomic mass is 10.1. The maximum Gasteiger partial charge on any atom is 0.225 e. The standard InChI is InChI=1S/C21H26N2O5/c1-14-4-6-17(28-14)12-22-21(25)16-11-20(24)23(13-16)9-8-15-5-7-18(26-2)19(10-15)27-3/h4-7,10,16H,8-9,11-13H2,1-3H3,(H,22,25)/t16-/m0/s1. The van der Waals surface area contributed by atoms with Gasteiger partial charge in [0.15, 0.2) is 11.5 Å². The predicted octanol–water partition coefficient (Wildman–Crippen LogP) is 2.31. The second-order valence-electron chi connectivity index (χ2n) is 6.91. The number of nitrogens with zero attached hydrogens (tertiary/aromatic N) is 1. The average molecular weight is 386 g/mol. The van der Waals surface area contributed by atoms with Gasteiger partial charge >= 0.3 is 0 Å². The molecule has 2 amide bonds. The van der Waals surface area contributed by atoms with Gasteiger partial charge in [-0.05, 0) is 43.2 Å². The largest absolute Gasteiger partial charge is 0.493 e. The van der Waals surface area contributed by atoms with Crippen LogP contribution in [0.2, 0.25) is 0 Å². The number of hydrogen-bond acceptors (Lipinski definition) is 5. The third kappa shape index (κ3) is 4.65. The fourth-order valence-electron chi connectivity index (χ4n) is 3.36. The molecule has 2 aromatic rings. The Labute approximate surface area is 164 Å². The molecule has 0 unspecified atom stereocenters. The first-order valence-corrected chi connectivity index (χ1v) is 9.32. The molecule has 1 aliphatic rings. The molecular formula is C21H26N2O5. The zero-order chi connectivity index (χ0) is 20.1. The van der Waals surface area contributed by atoms with E-state index in [4.69, 9.17) is 13.9 Å². The maximum atomic E-state index is 12.4. The molecule has 0 spiro atoms. The highest BCUT2D eigenvalue weighted by Gasteiger charge is 2.33. The van der Waals surface area contributed by atoms with Gasteiger partial charge in [-0.15, -0.1) is 0 Å². The highest BCUT2D eigenvalue weighted by molar-refractivity contribution is 5.89. The van der Waals surface area contributed by atoms with Gasteiger partial charge in [0.1, 0.15) is 11.5 Å². The fourth-order valence-corrected chi connectivity index (χ4v) is 3.36.